The highest BCUT2D eigenvalue weighted by atomic mass is 32.1. The van der Waals surface area contributed by atoms with Gasteiger partial charge < -0.3 is 0 Å². The van der Waals surface area contributed by atoms with Crippen LogP contribution in [0, 0.1) is 0 Å². The average molecular weight is 304 g/mol. The fourth-order valence-corrected chi connectivity index (χ4v) is 3.53. The number of hydrogen-bond donors (Lipinski definition) is 0. The number of aromatic nitrogens is 4. The van der Waals surface area contributed by atoms with Crippen LogP contribution in [0.1, 0.15) is 30.3 Å². The molecule has 0 N–H and O–H groups in total. The number of hydrogen-bond acceptors (Lipinski definition) is 6. The van der Waals surface area contributed by atoms with Crippen LogP contribution >= 0.6 is 11.3 Å². The third kappa shape index (κ3) is 3.14. The van der Waals surface area contributed by atoms with Gasteiger partial charge in [-0.15, -0.1) is 5.10 Å². The first-order valence-electron chi connectivity index (χ1n) is 7.61. The first kappa shape index (κ1) is 13.4. The molecule has 3 heterocycles. The van der Waals surface area contributed by atoms with Crippen LogP contribution < -0.4 is 0 Å². The minimum atomic E-state index is 0.565. The van der Waals surface area contributed by atoms with Gasteiger partial charge in [0.1, 0.15) is 0 Å². The van der Waals surface area contributed by atoms with Gasteiger partial charge in [-0.25, -0.2) is 4.68 Å². The van der Waals surface area contributed by atoms with Gasteiger partial charge in [0.2, 0.25) is 0 Å². The van der Waals surface area contributed by atoms with Gasteiger partial charge in [-0.1, -0.05) is 0 Å². The predicted molar refractivity (Wildman–Crippen MR) is 81.0 cm³/mol. The molecule has 2 aromatic heterocycles. The van der Waals surface area contributed by atoms with Gasteiger partial charge in [-0.3, -0.25) is 9.80 Å². The van der Waals surface area contributed by atoms with E-state index >= 15 is 0 Å². The SMILES string of the molecule is c1cc(CN2CCN(Cc3nnnn3C3CC3)CC2)cs1. The van der Waals surface area contributed by atoms with Crippen molar-refractivity contribution in [3.05, 3.63) is 28.2 Å². The average Bonchev–Trinajstić information content (AvgIpc) is 3.02. The van der Waals surface area contributed by atoms with Crippen LogP contribution in [0.5, 0.6) is 0 Å². The molecule has 6 nitrogen and oxygen atoms in total. The van der Waals surface area contributed by atoms with Crippen LogP contribution in [0.25, 0.3) is 0 Å². The van der Waals surface area contributed by atoms with Gasteiger partial charge in [-0.05, 0) is 45.7 Å². The largest absolute Gasteiger partial charge is 0.297 e. The fourth-order valence-electron chi connectivity index (χ4n) is 2.87. The normalized spacial score (nSPS) is 21.0. The van der Waals surface area contributed by atoms with Crippen LogP contribution in [0.2, 0.25) is 0 Å². The standard InChI is InChI=1S/C14H20N6S/c1-2-13(1)20-14(15-16-17-20)10-19-6-4-18(5-7-19)9-12-3-8-21-11-12/h3,8,11,13H,1-2,4-7,9-10H2. The van der Waals surface area contributed by atoms with E-state index in [1.54, 1.807) is 11.3 Å². The van der Waals surface area contributed by atoms with Crippen molar-refractivity contribution in [2.24, 2.45) is 0 Å². The van der Waals surface area contributed by atoms with Crippen molar-refractivity contribution < 1.29 is 0 Å². The van der Waals surface area contributed by atoms with E-state index in [1.165, 1.54) is 18.4 Å². The maximum absolute atomic E-state index is 4.20. The maximum Gasteiger partial charge on any atom is 0.165 e. The van der Waals surface area contributed by atoms with Gasteiger partial charge in [-0.2, -0.15) is 11.3 Å². The van der Waals surface area contributed by atoms with Crippen molar-refractivity contribution in [1.29, 1.82) is 0 Å². The van der Waals surface area contributed by atoms with Crippen LogP contribution in [0.15, 0.2) is 16.8 Å². The smallest absolute Gasteiger partial charge is 0.165 e. The maximum atomic E-state index is 4.20. The molecule has 0 atom stereocenters. The van der Waals surface area contributed by atoms with Crippen molar-refractivity contribution >= 4 is 11.3 Å². The monoisotopic (exact) mass is 304 g/mol. The molecule has 4 rings (SSSR count). The molecule has 0 unspecified atom stereocenters. The van der Waals surface area contributed by atoms with Crippen LogP contribution in [-0.4, -0.2) is 56.2 Å². The Bertz CT molecular complexity index is 568. The molecular weight excluding hydrogens is 284 g/mol. The number of rotatable bonds is 5. The summed E-state index contributed by atoms with van der Waals surface area (Å²) in [7, 11) is 0. The molecule has 1 aliphatic carbocycles. The summed E-state index contributed by atoms with van der Waals surface area (Å²) in [5.41, 5.74) is 1.44. The Morgan fingerprint density at radius 2 is 1.86 bits per heavy atom. The topological polar surface area (TPSA) is 50.1 Å². The first-order chi connectivity index (χ1) is 10.4. The van der Waals surface area contributed by atoms with Gasteiger partial charge in [0.25, 0.3) is 0 Å². The molecule has 0 spiro atoms. The van der Waals surface area contributed by atoms with Gasteiger partial charge >= 0.3 is 0 Å². The molecule has 0 bridgehead atoms. The van der Waals surface area contributed by atoms with E-state index in [-0.39, 0.29) is 0 Å². The molecule has 1 saturated heterocycles. The summed E-state index contributed by atoms with van der Waals surface area (Å²) in [5, 5.41) is 16.6. The van der Waals surface area contributed by atoms with Gasteiger partial charge in [0.15, 0.2) is 5.82 Å². The van der Waals surface area contributed by atoms with Crippen LogP contribution in [0.4, 0.5) is 0 Å². The predicted octanol–water partition coefficient (Wildman–Crippen LogP) is 1.39. The summed E-state index contributed by atoms with van der Waals surface area (Å²) >= 11 is 1.78. The molecular formula is C14H20N6S. The van der Waals surface area contributed by atoms with Crippen molar-refractivity contribution in [2.75, 3.05) is 26.2 Å². The summed E-state index contributed by atoms with van der Waals surface area (Å²) < 4.78 is 2.03. The number of nitrogens with zero attached hydrogens (tertiary/aromatic N) is 6. The zero-order valence-corrected chi connectivity index (χ0v) is 12.9. The van der Waals surface area contributed by atoms with Gasteiger partial charge in [0, 0.05) is 32.7 Å². The molecule has 0 amide bonds. The highest BCUT2D eigenvalue weighted by Crippen LogP contribution is 2.34. The second-order valence-corrected chi connectivity index (χ2v) is 6.73. The summed E-state index contributed by atoms with van der Waals surface area (Å²) in [6.07, 6.45) is 2.46. The third-order valence-electron chi connectivity index (χ3n) is 4.27. The molecule has 1 saturated carbocycles. The lowest BCUT2D eigenvalue weighted by atomic mass is 10.2. The summed E-state index contributed by atoms with van der Waals surface area (Å²) in [6.45, 7) is 6.41. The van der Waals surface area contributed by atoms with Crippen molar-refractivity contribution in [2.45, 2.75) is 32.0 Å². The van der Waals surface area contributed by atoms with Crippen LogP contribution in [-0.2, 0) is 13.1 Å². The Hall–Kier alpha value is -1.31. The minimum Gasteiger partial charge on any atom is -0.297 e. The molecule has 1 aliphatic heterocycles. The third-order valence-corrected chi connectivity index (χ3v) is 5.00. The van der Waals surface area contributed by atoms with Crippen molar-refractivity contribution in [1.82, 2.24) is 30.0 Å². The lowest BCUT2D eigenvalue weighted by Gasteiger charge is -2.34. The number of tetrazole rings is 1. The molecule has 21 heavy (non-hydrogen) atoms. The lowest BCUT2D eigenvalue weighted by molar-refractivity contribution is 0.118. The molecule has 0 radical (unpaired) electrons. The first-order valence-corrected chi connectivity index (χ1v) is 8.55. The van der Waals surface area contributed by atoms with Crippen molar-refractivity contribution in [3.63, 3.8) is 0 Å². The highest BCUT2D eigenvalue weighted by Gasteiger charge is 2.28. The van der Waals surface area contributed by atoms with Gasteiger partial charge in [0.05, 0.1) is 12.6 Å². The molecule has 0 aromatic carbocycles. The molecule has 112 valence electrons. The van der Waals surface area contributed by atoms with Crippen molar-refractivity contribution in [3.8, 4) is 0 Å². The lowest BCUT2D eigenvalue weighted by Crippen LogP contribution is -2.45. The Labute approximate surface area is 128 Å². The second-order valence-electron chi connectivity index (χ2n) is 5.95. The Morgan fingerprint density at radius 1 is 1.10 bits per heavy atom. The molecule has 2 aliphatic rings. The zero-order chi connectivity index (χ0) is 14.1. The van der Waals surface area contributed by atoms with E-state index in [0.29, 0.717) is 6.04 Å². The second kappa shape index (κ2) is 5.82. The Balaban J connectivity index is 1.30. The Kier molecular flexibility index (Phi) is 3.71. The summed E-state index contributed by atoms with van der Waals surface area (Å²) in [6, 6.07) is 2.79. The van der Waals surface area contributed by atoms with E-state index in [1.807, 2.05) is 4.68 Å². The van der Waals surface area contributed by atoms with E-state index in [0.717, 1.165) is 45.1 Å². The zero-order valence-electron chi connectivity index (χ0n) is 12.1. The number of thiophene rings is 1. The molecule has 2 aromatic rings. The highest BCUT2D eigenvalue weighted by molar-refractivity contribution is 7.07. The summed E-state index contributed by atoms with van der Waals surface area (Å²) in [4.78, 5) is 5.00. The van der Waals surface area contributed by atoms with E-state index in [4.69, 9.17) is 0 Å². The summed E-state index contributed by atoms with van der Waals surface area (Å²) in [5.74, 6) is 1.03. The van der Waals surface area contributed by atoms with E-state index in [9.17, 15) is 0 Å². The molecule has 2 fully saturated rings. The minimum absolute atomic E-state index is 0.565. The van der Waals surface area contributed by atoms with Crippen LogP contribution in [0.3, 0.4) is 0 Å². The fraction of sp³-hybridized carbons (Fsp3) is 0.643. The molecule has 7 heteroatoms. The Morgan fingerprint density at radius 3 is 2.52 bits per heavy atom. The quantitative estimate of drug-likeness (QED) is 0.835. The van der Waals surface area contributed by atoms with E-state index in [2.05, 4.69) is 42.2 Å². The number of piperazine rings is 1. The van der Waals surface area contributed by atoms with E-state index < -0.39 is 0 Å².